The van der Waals surface area contributed by atoms with E-state index in [0.717, 1.165) is 63.6 Å². The lowest BCUT2D eigenvalue weighted by Gasteiger charge is -2.35. The SMILES string of the molecule is CC(=O)O.CS(=O)(=O)N[C@@H]1CCCN[C@@H]1CO[C@H]1CC[C@@H](c2cc(F)cc(F)c2)CC1. The smallest absolute Gasteiger partial charge is 0.300 e. The maximum atomic E-state index is 13.4. The average molecular weight is 463 g/mol. The summed E-state index contributed by atoms with van der Waals surface area (Å²) in [5.74, 6) is -1.74. The summed E-state index contributed by atoms with van der Waals surface area (Å²) in [5, 5.41) is 10.8. The van der Waals surface area contributed by atoms with Crippen molar-refractivity contribution >= 4 is 16.0 Å². The maximum absolute atomic E-state index is 13.4. The minimum atomic E-state index is -3.25. The minimum Gasteiger partial charge on any atom is -0.481 e. The predicted molar refractivity (Wildman–Crippen MR) is 113 cm³/mol. The molecule has 1 aromatic rings. The van der Waals surface area contributed by atoms with Crippen molar-refractivity contribution in [2.75, 3.05) is 19.4 Å². The third-order valence-electron chi connectivity index (χ3n) is 5.49. The number of halogens is 2. The second kappa shape index (κ2) is 11.8. The number of hydrogen-bond acceptors (Lipinski definition) is 5. The summed E-state index contributed by atoms with van der Waals surface area (Å²) in [7, 11) is -3.25. The summed E-state index contributed by atoms with van der Waals surface area (Å²) < 4.78 is 58.7. The van der Waals surface area contributed by atoms with E-state index < -0.39 is 27.6 Å². The summed E-state index contributed by atoms with van der Waals surface area (Å²) in [5.41, 5.74) is 0.720. The number of piperidine rings is 1. The molecule has 1 aliphatic carbocycles. The van der Waals surface area contributed by atoms with Gasteiger partial charge in [0, 0.05) is 25.1 Å². The Morgan fingerprint density at radius 1 is 1.16 bits per heavy atom. The Hall–Kier alpha value is -1.62. The van der Waals surface area contributed by atoms with E-state index >= 15 is 0 Å². The molecule has 176 valence electrons. The summed E-state index contributed by atoms with van der Waals surface area (Å²) in [6, 6.07) is 3.55. The van der Waals surface area contributed by atoms with Crippen LogP contribution < -0.4 is 10.0 Å². The third kappa shape index (κ3) is 9.59. The van der Waals surface area contributed by atoms with Gasteiger partial charge in [-0.05, 0) is 68.7 Å². The zero-order chi connectivity index (χ0) is 23.0. The normalized spacial score (nSPS) is 26.6. The lowest BCUT2D eigenvalue weighted by atomic mass is 9.82. The molecule has 1 heterocycles. The summed E-state index contributed by atoms with van der Waals surface area (Å²) >= 11 is 0. The second-order valence-corrected chi connectivity index (χ2v) is 10.0. The number of benzene rings is 1. The van der Waals surface area contributed by atoms with Crippen molar-refractivity contribution in [3.63, 3.8) is 0 Å². The van der Waals surface area contributed by atoms with Gasteiger partial charge in [0.25, 0.3) is 5.97 Å². The molecular weight excluding hydrogens is 430 g/mol. The monoisotopic (exact) mass is 462 g/mol. The molecule has 0 spiro atoms. The highest BCUT2D eigenvalue weighted by atomic mass is 32.2. The first-order chi connectivity index (χ1) is 14.5. The topological polar surface area (TPSA) is 105 Å². The lowest BCUT2D eigenvalue weighted by Crippen LogP contribution is -2.55. The molecule has 1 aromatic carbocycles. The van der Waals surface area contributed by atoms with Gasteiger partial charge < -0.3 is 15.2 Å². The van der Waals surface area contributed by atoms with Crippen molar-refractivity contribution in [3.05, 3.63) is 35.4 Å². The third-order valence-corrected chi connectivity index (χ3v) is 6.22. The fraction of sp³-hybridized carbons (Fsp3) is 0.667. The quantitative estimate of drug-likeness (QED) is 0.601. The van der Waals surface area contributed by atoms with Gasteiger partial charge in [0.1, 0.15) is 11.6 Å². The van der Waals surface area contributed by atoms with Crippen LogP contribution in [0.25, 0.3) is 0 Å². The van der Waals surface area contributed by atoms with Crippen molar-refractivity contribution < 1.29 is 31.8 Å². The van der Waals surface area contributed by atoms with Crippen molar-refractivity contribution in [3.8, 4) is 0 Å². The minimum absolute atomic E-state index is 0.0384. The van der Waals surface area contributed by atoms with Crippen LogP contribution in [0.2, 0.25) is 0 Å². The van der Waals surface area contributed by atoms with E-state index in [1.165, 1.54) is 18.4 Å². The number of carboxylic acids is 1. The molecule has 31 heavy (non-hydrogen) atoms. The molecule has 2 atom stereocenters. The highest BCUT2D eigenvalue weighted by Crippen LogP contribution is 2.34. The molecule has 7 nitrogen and oxygen atoms in total. The van der Waals surface area contributed by atoms with Gasteiger partial charge in [-0.3, -0.25) is 4.79 Å². The predicted octanol–water partition coefficient (Wildman–Crippen LogP) is 2.77. The van der Waals surface area contributed by atoms with Crippen LogP contribution in [0.1, 0.15) is 56.9 Å². The number of nitrogens with one attached hydrogen (secondary N) is 2. The molecule has 1 saturated heterocycles. The molecule has 0 aromatic heterocycles. The van der Waals surface area contributed by atoms with E-state index in [0.29, 0.717) is 6.61 Å². The van der Waals surface area contributed by atoms with E-state index in [-0.39, 0.29) is 24.1 Å². The van der Waals surface area contributed by atoms with Crippen LogP contribution in [0, 0.1) is 11.6 Å². The molecule has 3 N–H and O–H groups in total. The van der Waals surface area contributed by atoms with E-state index in [1.807, 2.05) is 0 Å². The number of aliphatic carboxylic acids is 1. The summed E-state index contributed by atoms with van der Waals surface area (Å²) in [6.07, 6.45) is 6.33. The van der Waals surface area contributed by atoms with Crippen LogP contribution in [0.4, 0.5) is 8.78 Å². The van der Waals surface area contributed by atoms with Gasteiger partial charge in [-0.1, -0.05) is 0 Å². The molecule has 0 radical (unpaired) electrons. The molecule has 1 saturated carbocycles. The first-order valence-electron chi connectivity index (χ1n) is 10.5. The van der Waals surface area contributed by atoms with Gasteiger partial charge in [0.05, 0.1) is 19.0 Å². The molecule has 0 bridgehead atoms. The van der Waals surface area contributed by atoms with Crippen LogP contribution >= 0.6 is 0 Å². The van der Waals surface area contributed by atoms with Gasteiger partial charge in [-0.2, -0.15) is 0 Å². The Labute approximate surface area is 182 Å². The van der Waals surface area contributed by atoms with Crippen LogP contribution in [-0.2, 0) is 19.6 Å². The average Bonchev–Trinajstić information content (AvgIpc) is 2.65. The van der Waals surface area contributed by atoms with Crippen LogP contribution in [0.3, 0.4) is 0 Å². The second-order valence-electron chi connectivity index (χ2n) is 8.23. The Balaban J connectivity index is 0.000000785. The highest BCUT2D eigenvalue weighted by molar-refractivity contribution is 7.88. The van der Waals surface area contributed by atoms with Gasteiger partial charge in [-0.15, -0.1) is 0 Å². The Morgan fingerprint density at radius 3 is 2.29 bits per heavy atom. The molecule has 10 heteroatoms. The molecule has 2 fully saturated rings. The largest absolute Gasteiger partial charge is 0.481 e. The van der Waals surface area contributed by atoms with E-state index in [1.54, 1.807) is 0 Å². The highest BCUT2D eigenvalue weighted by Gasteiger charge is 2.29. The Kier molecular flexibility index (Phi) is 9.80. The molecule has 3 rings (SSSR count). The molecule has 0 amide bonds. The van der Waals surface area contributed by atoms with Gasteiger partial charge in [-0.25, -0.2) is 21.9 Å². The van der Waals surface area contributed by atoms with Crippen molar-refractivity contribution in [2.45, 2.75) is 69.6 Å². The maximum Gasteiger partial charge on any atom is 0.300 e. The lowest BCUT2D eigenvalue weighted by molar-refractivity contribution is -0.134. The first-order valence-corrected chi connectivity index (χ1v) is 12.4. The Morgan fingerprint density at radius 2 is 1.74 bits per heavy atom. The fourth-order valence-corrected chi connectivity index (χ4v) is 4.99. The first kappa shape index (κ1) is 25.6. The number of ether oxygens (including phenoxy) is 1. The molecular formula is C21H32F2N2O5S. The Bertz CT molecular complexity index is 805. The van der Waals surface area contributed by atoms with Gasteiger partial charge in [0.2, 0.25) is 10.0 Å². The molecule has 1 aliphatic heterocycles. The van der Waals surface area contributed by atoms with Crippen LogP contribution in [0.15, 0.2) is 18.2 Å². The summed E-state index contributed by atoms with van der Waals surface area (Å²) in [4.78, 5) is 9.00. The van der Waals surface area contributed by atoms with Crippen molar-refractivity contribution in [2.24, 2.45) is 0 Å². The van der Waals surface area contributed by atoms with Crippen LogP contribution in [0.5, 0.6) is 0 Å². The molecule has 2 aliphatic rings. The zero-order valence-electron chi connectivity index (χ0n) is 17.9. The number of sulfonamides is 1. The van der Waals surface area contributed by atoms with E-state index in [9.17, 15) is 17.2 Å². The van der Waals surface area contributed by atoms with Crippen molar-refractivity contribution in [1.82, 2.24) is 10.0 Å². The standard InChI is InChI=1S/C19H28F2N2O3S.C2H4O2/c1-27(24,25)23-18-3-2-8-22-19(18)12-26-17-6-4-13(5-7-17)14-9-15(20)11-16(21)10-14;1-2(3)4/h9-11,13,17-19,22-23H,2-8,12H2,1H3;1H3,(H,3,4)/t13-,17+,18-,19-;/m1./s1. The zero-order valence-corrected chi connectivity index (χ0v) is 18.8. The number of carboxylic acid groups (broad SMARTS) is 1. The molecule has 0 unspecified atom stereocenters. The number of carbonyl (C=O) groups is 1. The number of hydrogen-bond donors (Lipinski definition) is 3. The number of rotatable bonds is 6. The van der Waals surface area contributed by atoms with Crippen LogP contribution in [-0.4, -0.2) is 57.1 Å². The van der Waals surface area contributed by atoms with Gasteiger partial charge >= 0.3 is 0 Å². The summed E-state index contributed by atoms with van der Waals surface area (Å²) in [6.45, 7) is 2.39. The van der Waals surface area contributed by atoms with E-state index in [4.69, 9.17) is 14.6 Å². The van der Waals surface area contributed by atoms with E-state index in [2.05, 4.69) is 10.0 Å². The van der Waals surface area contributed by atoms with Gasteiger partial charge in [0.15, 0.2) is 0 Å². The van der Waals surface area contributed by atoms with Crippen molar-refractivity contribution in [1.29, 1.82) is 0 Å². The fourth-order valence-electron chi connectivity index (χ4n) is 4.16.